The number of fused-ring (bicyclic) bond motifs is 2. The second-order valence-electron chi connectivity index (χ2n) is 26.2. The lowest BCUT2D eigenvalue weighted by Crippen LogP contribution is -2.08. The second-order valence-corrected chi connectivity index (χ2v) is 26.2. The van der Waals surface area contributed by atoms with Crippen LogP contribution in [-0.2, 0) is 46.4 Å². The average molecular weight is 1480 g/mol. The number of hydrogen-bond acceptors (Lipinski definition) is 20. The van der Waals surface area contributed by atoms with E-state index >= 15 is 0 Å². The molecule has 0 bridgehead atoms. The molecule has 0 aromatic heterocycles. The van der Waals surface area contributed by atoms with Crippen molar-refractivity contribution < 1.29 is 66.7 Å². The Morgan fingerprint density at radius 2 is 0.664 bits per heavy atom. The van der Waals surface area contributed by atoms with Gasteiger partial charge in [-0.25, -0.2) is 24.0 Å². The first-order chi connectivity index (χ1) is 53.5. The topological polar surface area (TPSA) is 250 Å². The molecule has 0 aliphatic carbocycles. The van der Waals surface area contributed by atoms with Crippen LogP contribution in [0.1, 0.15) is 146 Å². The summed E-state index contributed by atoms with van der Waals surface area (Å²) in [5, 5.41) is 28.9. The van der Waals surface area contributed by atoms with Crippen LogP contribution in [0.5, 0.6) is 23.0 Å². The van der Waals surface area contributed by atoms with E-state index in [9.17, 15) is 28.8 Å². The highest BCUT2D eigenvalue weighted by atomic mass is 16.6. The minimum Gasteiger partial charge on any atom is -0.494 e. The number of carbonyl (C=O) groups is 6. The third kappa shape index (κ3) is 27.3. The van der Waals surface area contributed by atoms with Crippen LogP contribution in [-0.4, -0.2) is 75.5 Å². The summed E-state index contributed by atoms with van der Waals surface area (Å²) in [6.45, 7) is 17.6. The molecule has 0 spiro atoms. The molecule has 0 aliphatic rings. The highest BCUT2D eigenvalue weighted by Crippen LogP contribution is 2.36. The zero-order valence-corrected chi connectivity index (χ0v) is 62.8. The van der Waals surface area contributed by atoms with Crippen LogP contribution in [0.25, 0.3) is 21.5 Å². The van der Waals surface area contributed by atoms with Gasteiger partial charge in [-0.1, -0.05) is 104 Å². The number of carbonyl (C=O) groups excluding carboxylic acids is 6. The standard InChI is InChI=1S/C49H53N3O9.C41H41N3O5/c1-35(2)47(54)59-32-12-7-5-11-31-58-41-26-20-39(21-27-41)49(56)61-42-24-16-37(17-25-42)34-50-45-28-29-46(44-15-9-8-14-43(44)45)52-51-40-22-18-38(19-23-40)48(55)60-33-13-6-4-10-30-57-36(3)53;1-29(2)40(45)48-27-9-5-4-8-26-47-34-22-16-32(17-23-34)41(46)49-35-20-14-31(15-21-35)28-42-38-24-25-39(37-11-7-6-10-36(37)38)44-43-33-18-12-30(3)13-19-33/h8-9,14-29,50H,1,4-7,10-13,30-34H2,2-3H3;6-7,10-25,42H,1,4-5,8-9,26-28H2,2-3H3. The van der Waals surface area contributed by atoms with Crippen molar-refractivity contribution in [2.24, 2.45) is 20.5 Å². The first kappa shape index (κ1) is 81.5. The van der Waals surface area contributed by atoms with Gasteiger partial charge >= 0.3 is 35.8 Å². The molecule has 0 atom stereocenters. The quantitative estimate of drug-likeness (QED) is 0.00904. The Bertz CT molecular complexity index is 4750. The SMILES string of the molecule is C=C(C)C(=O)OCCCCCCOc1ccc(C(=O)Oc2ccc(CNc3ccc(N=Nc4ccc(C(=O)OCCCCCCOC(C)=O)cc4)c4ccccc34)cc2)cc1.C=C(C)C(=O)OCCCCCCOc1ccc(C(=O)Oc2ccc(CNc3ccc(N=Nc4ccc(C)cc4)c4ccccc34)cc2)cc1. The van der Waals surface area contributed by atoms with E-state index in [1.807, 2.05) is 122 Å². The van der Waals surface area contributed by atoms with Crippen LogP contribution in [0.15, 0.2) is 263 Å². The summed E-state index contributed by atoms with van der Waals surface area (Å²) >= 11 is 0. The summed E-state index contributed by atoms with van der Waals surface area (Å²) in [7, 11) is 0. The summed E-state index contributed by atoms with van der Waals surface area (Å²) < 4.78 is 43.4. The Labute approximate surface area is 642 Å². The molecule has 0 amide bonds. The van der Waals surface area contributed by atoms with Gasteiger partial charge in [0, 0.05) is 64.1 Å². The minimum absolute atomic E-state index is 0.274. The number of hydrogen-bond donors (Lipinski definition) is 2. The average Bonchev–Trinajstić information content (AvgIpc) is 0.805. The van der Waals surface area contributed by atoms with Gasteiger partial charge in [0.1, 0.15) is 23.0 Å². The van der Waals surface area contributed by atoms with Crippen LogP contribution in [0, 0.1) is 6.92 Å². The zero-order valence-electron chi connectivity index (χ0n) is 62.8. The number of ether oxygens (including phenoxy) is 8. The van der Waals surface area contributed by atoms with Crippen molar-refractivity contribution in [1.82, 2.24) is 0 Å². The fraction of sp³-hybridized carbons (Fsp3) is 0.267. The largest absolute Gasteiger partial charge is 0.494 e. The third-order valence-electron chi connectivity index (χ3n) is 17.3. The van der Waals surface area contributed by atoms with E-state index in [-0.39, 0.29) is 23.9 Å². The highest BCUT2D eigenvalue weighted by Gasteiger charge is 2.15. The molecule has 10 aromatic carbocycles. The third-order valence-corrected chi connectivity index (χ3v) is 17.3. The first-order valence-electron chi connectivity index (χ1n) is 37.1. The zero-order chi connectivity index (χ0) is 77.7. The number of rotatable bonds is 40. The molecule has 0 aliphatic heterocycles. The molecule has 0 unspecified atom stereocenters. The number of benzene rings is 10. The number of esters is 6. The van der Waals surface area contributed by atoms with Crippen LogP contribution < -0.4 is 29.6 Å². The van der Waals surface area contributed by atoms with Gasteiger partial charge in [0.15, 0.2) is 0 Å². The molecule has 0 heterocycles. The fourth-order valence-corrected chi connectivity index (χ4v) is 11.1. The van der Waals surface area contributed by atoms with Crippen LogP contribution >= 0.6 is 0 Å². The maximum atomic E-state index is 12.8. The van der Waals surface area contributed by atoms with Gasteiger partial charge in [0.25, 0.3) is 0 Å². The van der Waals surface area contributed by atoms with Crippen molar-refractivity contribution in [2.75, 3.05) is 50.3 Å². The van der Waals surface area contributed by atoms with Crippen molar-refractivity contribution in [3.8, 4) is 23.0 Å². The summed E-state index contributed by atoms with van der Waals surface area (Å²) in [6, 6.07) is 67.4. The molecule has 2 N–H and O–H groups in total. The number of aryl methyl sites for hydroxylation is 1. The van der Waals surface area contributed by atoms with E-state index in [1.165, 1.54) is 12.5 Å². The van der Waals surface area contributed by atoms with Gasteiger partial charge in [-0.3, -0.25) is 4.79 Å². The summed E-state index contributed by atoms with van der Waals surface area (Å²) in [5.74, 6) is 0.0242. The summed E-state index contributed by atoms with van der Waals surface area (Å²) in [6.07, 6.45) is 10.5. The maximum absolute atomic E-state index is 12.8. The second kappa shape index (κ2) is 43.9. The molecular weight excluding hydrogens is 1390 g/mol. The lowest BCUT2D eigenvalue weighted by Gasteiger charge is -2.12. The maximum Gasteiger partial charge on any atom is 0.343 e. The first-order valence-corrected chi connectivity index (χ1v) is 37.1. The van der Waals surface area contributed by atoms with Gasteiger partial charge < -0.3 is 48.5 Å². The molecular formula is C90H94N6O14. The van der Waals surface area contributed by atoms with Crippen LogP contribution in [0.2, 0.25) is 0 Å². The summed E-state index contributed by atoms with van der Waals surface area (Å²) in [5.41, 5.74) is 10.2. The molecule has 0 saturated heterocycles. The number of azo groups is 2. The van der Waals surface area contributed by atoms with Gasteiger partial charge in [0.05, 0.1) is 79.1 Å². The molecule has 20 nitrogen and oxygen atoms in total. The summed E-state index contributed by atoms with van der Waals surface area (Å²) in [4.78, 5) is 71.7. The molecule has 0 radical (unpaired) electrons. The Morgan fingerprint density at radius 3 is 1.05 bits per heavy atom. The lowest BCUT2D eigenvalue weighted by atomic mass is 10.1. The van der Waals surface area contributed by atoms with Crippen molar-refractivity contribution in [2.45, 2.75) is 118 Å². The molecule has 20 heteroatoms. The molecule has 0 fully saturated rings. The van der Waals surface area contributed by atoms with Crippen molar-refractivity contribution in [3.05, 3.63) is 276 Å². The number of nitrogens with one attached hydrogen (secondary N) is 2. The Morgan fingerprint density at radius 1 is 0.327 bits per heavy atom. The molecule has 110 heavy (non-hydrogen) atoms. The van der Waals surface area contributed by atoms with E-state index in [0.717, 1.165) is 132 Å². The van der Waals surface area contributed by atoms with Gasteiger partial charge in [-0.05, 0) is 242 Å². The van der Waals surface area contributed by atoms with E-state index in [0.29, 0.717) is 115 Å². The molecule has 10 aromatic rings. The Kier molecular flexibility index (Phi) is 32.5. The number of nitrogens with zero attached hydrogens (tertiary/aromatic N) is 4. The number of anilines is 2. The lowest BCUT2D eigenvalue weighted by molar-refractivity contribution is -0.141. The predicted molar refractivity (Wildman–Crippen MR) is 429 cm³/mol. The monoisotopic (exact) mass is 1480 g/mol. The van der Waals surface area contributed by atoms with E-state index in [2.05, 4.69) is 50.3 Å². The molecule has 10 rings (SSSR count). The Balaban J connectivity index is 0.000000259. The fourth-order valence-electron chi connectivity index (χ4n) is 11.1. The number of unbranched alkanes of at least 4 members (excludes halogenated alkanes) is 9. The van der Waals surface area contributed by atoms with E-state index in [4.69, 9.17) is 37.9 Å². The van der Waals surface area contributed by atoms with Crippen molar-refractivity contribution >= 4 is 91.5 Å². The molecule has 568 valence electrons. The van der Waals surface area contributed by atoms with Crippen LogP contribution in [0.3, 0.4) is 0 Å². The van der Waals surface area contributed by atoms with Gasteiger partial charge in [0.2, 0.25) is 0 Å². The predicted octanol–water partition coefficient (Wildman–Crippen LogP) is 21.9. The van der Waals surface area contributed by atoms with Gasteiger partial charge in [-0.2, -0.15) is 10.2 Å². The minimum atomic E-state index is -0.459. The van der Waals surface area contributed by atoms with Crippen molar-refractivity contribution in [1.29, 1.82) is 0 Å². The van der Waals surface area contributed by atoms with Crippen molar-refractivity contribution in [3.63, 3.8) is 0 Å². The smallest absolute Gasteiger partial charge is 0.343 e. The normalized spacial score (nSPS) is 10.9. The van der Waals surface area contributed by atoms with Gasteiger partial charge in [-0.15, -0.1) is 10.2 Å². The Hall–Kier alpha value is -12.6. The van der Waals surface area contributed by atoms with E-state index < -0.39 is 11.9 Å². The van der Waals surface area contributed by atoms with Crippen LogP contribution in [0.4, 0.5) is 34.1 Å². The highest BCUT2D eigenvalue weighted by molar-refractivity contribution is 6.02. The van der Waals surface area contributed by atoms with E-state index in [1.54, 1.807) is 111 Å². The molecule has 0 saturated carbocycles.